The Bertz CT molecular complexity index is 631. The van der Waals surface area contributed by atoms with Crippen LogP contribution in [0.3, 0.4) is 0 Å². The van der Waals surface area contributed by atoms with Crippen LogP contribution < -0.4 is 5.32 Å². The van der Waals surface area contributed by atoms with Gasteiger partial charge in [-0.15, -0.1) is 0 Å². The SMILES string of the molecule is O=C(O)c1ccc(CNCc2cccc(Cl)c2)cc1F. The largest absolute Gasteiger partial charge is 0.478 e. The van der Waals surface area contributed by atoms with Crippen LogP contribution in [0.5, 0.6) is 0 Å². The lowest BCUT2D eigenvalue weighted by atomic mass is 10.1. The summed E-state index contributed by atoms with van der Waals surface area (Å²) >= 11 is 5.88. The van der Waals surface area contributed by atoms with Crippen molar-refractivity contribution >= 4 is 17.6 Å². The van der Waals surface area contributed by atoms with Crippen LogP contribution >= 0.6 is 11.6 Å². The standard InChI is InChI=1S/C15H13ClFNO2/c16-12-3-1-2-10(6-12)8-18-9-11-4-5-13(15(19)20)14(17)7-11/h1-7,18H,8-9H2,(H,19,20). The molecule has 0 bridgehead atoms. The second-order valence-electron chi connectivity index (χ2n) is 4.35. The fourth-order valence-electron chi connectivity index (χ4n) is 1.84. The van der Waals surface area contributed by atoms with Gasteiger partial charge in [0.2, 0.25) is 0 Å². The summed E-state index contributed by atoms with van der Waals surface area (Å²) in [7, 11) is 0. The summed E-state index contributed by atoms with van der Waals surface area (Å²) < 4.78 is 13.5. The third-order valence-electron chi connectivity index (χ3n) is 2.81. The summed E-state index contributed by atoms with van der Waals surface area (Å²) in [6.45, 7) is 1.05. The molecule has 104 valence electrons. The quantitative estimate of drug-likeness (QED) is 0.887. The molecule has 0 aromatic heterocycles. The monoisotopic (exact) mass is 293 g/mol. The van der Waals surface area contributed by atoms with Gasteiger partial charge in [-0.1, -0.05) is 29.8 Å². The van der Waals surface area contributed by atoms with Crippen molar-refractivity contribution in [3.63, 3.8) is 0 Å². The Morgan fingerprint density at radius 3 is 2.45 bits per heavy atom. The van der Waals surface area contributed by atoms with Gasteiger partial charge in [-0.2, -0.15) is 0 Å². The lowest BCUT2D eigenvalue weighted by Gasteiger charge is -2.06. The molecular weight excluding hydrogens is 281 g/mol. The lowest BCUT2D eigenvalue weighted by Crippen LogP contribution is -2.13. The summed E-state index contributed by atoms with van der Waals surface area (Å²) in [5, 5.41) is 12.6. The van der Waals surface area contributed by atoms with Gasteiger partial charge in [0.05, 0.1) is 5.56 Å². The Morgan fingerprint density at radius 2 is 1.85 bits per heavy atom. The van der Waals surface area contributed by atoms with Gasteiger partial charge in [0.15, 0.2) is 0 Å². The van der Waals surface area contributed by atoms with Crippen LogP contribution in [0.4, 0.5) is 4.39 Å². The predicted octanol–water partition coefficient (Wildman–Crippen LogP) is 3.47. The van der Waals surface area contributed by atoms with E-state index in [0.29, 0.717) is 23.7 Å². The molecule has 0 amide bonds. The van der Waals surface area contributed by atoms with Crippen LogP contribution in [0.15, 0.2) is 42.5 Å². The van der Waals surface area contributed by atoms with Crippen molar-refractivity contribution in [3.8, 4) is 0 Å². The van der Waals surface area contributed by atoms with Crippen LogP contribution in [-0.2, 0) is 13.1 Å². The molecule has 0 fully saturated rings. The van der Waals surface area contributed by atoms with E-state index in [1.54, 1.807) is 12.1 Å². The van der Waals surface area contributed by atoms with Crippen molar-refractivity contribution in [3.05, 3.63) is 70.0 Å². The molecule has 0 heterocycles. The van der Waals surface area contributed by atoms with Gasteiger partial charge in [0, 0.05) is 18.1 Å². The van der Waals surface area contributed by atoms with Gasteiger partial charge in [-0.05, 0) is 35.4 Å². The molecule has 2 rings (SSSR count). The van der Waals surface area contributed by atoms with Crippen LogP contribution in [0.2, 0.25) is 5.02 Å². The van der Waals surface area contributed by atoms with E-state index in [9.17, 15) is 9.18 Å². The number of aromatic carboxylic acids is 1. The number of halogens is 2. The third-order valence-corrected chi connectivity index (χ3v) is 3.05. The van der Waals surface area contributed by atoms with Crippen LogP contribution in [-0.4, -0.2) is 11.1 Å². The molecule has 2 aromatic rings. The van der Waals surface area contributed by atoms with E-state index in [1.165, 1.54) is 12.1 Å². The van der Waals surface area contributed by atoms with E-state index in [2.05, 4.69) is 5.32 Å². The highest BCUT2D eigenvalue weighted by Gasteiger charge is 2.09. The molecule has 0 atom stereocenters. The maximum atomic E-state index is 13.5. The van der Waals surface area contributed by atoms with Gasteiger partial charge in [0.1, 0.15) is 5.82 Å². The average molecular weight is 294 g/mol. The van der Waals surface area contributed by atoms with Gasteiger partial charge < -0.3 is 10.4 Å². The van der Waals surface area contributed by atoms with Crippen molar-refractivity contribution in [2.45, 2.75) is 13.1 Å². The highest BCUT2D eigenvalue weighted by atomic mass is 35.5. The molecule has 3 nitrogen and oxygen atoms in total. The van der Waals surface area contributed by atoms with Crippen molar-refractivity contribution in [2.24, 2.45) is 0 Å². The fraction of sp³-hybridized carbons (Fsp3) is 0.133. The van der Waals surface area contributed by atoms with Crippen LogP contribution in [0.1, 0.15) is 21.5 Å². The van der Waals surface area contributed by atoms with E-state index < -0.39 is 11.8 Å². The van der Waals surface area contributed by atoms with Gasteiger partial charge >= 0.3 is 5.97 Å². The van der Waals surface area contributed by atoms with Crippen molar-refractivity contribution in [1.82, 2.24) is 5.32 Å². The van der Waals surface area contributed by atoms with E-state index in [4.69, 9.17) is 16.7 Å². The summed E-state index contributed by atoms with van der Waals surface area (Å²) in [5.41, 5.74) is 1.40. The number of carboxylic acid groups (broad SMARTS) is 1. The Hall–Kier alpha value is -1.91. The molecule has 0 aliphatic rings. The minimum atomic E-state index is -1.26. The average Bonchev–Trinajstić information content (AvgIpc) is 2.38. The number of carboxylic acids is 1. The number of carbonyl (C=O) groups is 1. The van der Waals surface area contributed by atoms with E-state index >= 15 is 0 Å². The zero-order valence-corrected chi connectivity index (χ0v) is 11.3. The molecule has 5 heteroatoms. The lowest BCUT2D eigenvalue weighted by molar-refractivity contribution is 0.0692. The first kappa shape index (κ1) is 14.5. The van der Waals surface area contributed by atoms with Crippen molar-refractivity contribution < 1.29 is 14.3 Å². The maximum Gasteiger partial charge on any atom is 0.338 e. The number of rotatable bonds is 5. The van der Waals surface area contributed by atoms with Gasteiger partial charge in [-0.25, -0.2) is 9.18 Å². The molecule has 0 aliphatic heterocycles. The maximum absolute atomic E-state index is 13.5. The zero-order valence-electron chi connectivity index (χ0n) is 10.6. The summed E-state index contributed by atoms with van der Waals surface area (Å²) in [6.07, 6.45) is 0. The van der Waals surface area contributed by atoms with Crippen LogP contribution in [0, 0.1) is 5.82 Å². The minimum absolute atomic E-state index is 0.316. The Kier molecular flexibility index (Phi) is 4.71. The number of benzene rings is 2. The Balaban J connectivity index is 1.94. The zero-order chi connectivity index (χ0) is 14.5. The van der Waals surface area contributed by atoms with Gasteiger partial charge in [-0.3, -0.25) is 0 Å². The second kappa shape index (κ2) is 6.50. The molecule has 0 radical (unpaired) electrons. The predicted molar refractivity (Wildman–Crippen MR) is 75.4 cm³/mol. The van der Waals surface area contributed by atoms with E-state index in [0.717, 1.165) is 5.56 Å². The highest BCUT2D eigenvalue weighted by Crippen LogP contribution is 2.12. The van der Waals surface area contributed by atoms with Crippen molar-refractivity contribution in [2.75, 3.05) is 0 Å². The van der Waals surface area contributed by atoms with Gasteiger partial charge in [0.25, 0.3) is 0 Å². The third kappa shape index (κ3) is 3.79. The first-order valence-corrected chi connectivity index (χ1v) is 6.41. The molecule has 2 aromatic carbocycles. The highest BCUT2D eigenvalue weighted by molar-refractivity contribution is 6.30. The normalized spacial score (nSPS) is 10.5. The van der Waals surface area contributed by atoms with Crippen LogP contribution in [0.25, 0.3) is 0 Å². The second-order valence-corrected chi connectivity index (χ2v) is 4.79. The molecule has 20 heavy (non-hydrogen) atoms. The first-order valence-electron chi connectivity index (χ1n) is 6.03. The molecule has 0 aliphatic carbocycles. The molecule has 2 N–H and O–H groups in total. The number of nitrogens with one attached hydrogen (secondary N) is 1. The minimum Gasteiger partial charge on any atom is -0.478 e. The summed E-state index contributed by atoms with van der Waals surface area (Å²) in [6, 6.07) is 11.5. The van der Waals surface area contributed by atoms with E-state index in [-0.39, 0.29) is 5.56 Å². The Morgan fingerprint density at radius 1 is 1.15 bits per heavy atom. The summed E-state index contributed by atoms with van der Waals surface area (Å²) in [5.74, 6) is -1.99. The molecule has 0 saturated carbocycles. The molecule has 0 unspecified atom stereocenters. The molecule has 0 saturated heterocycles. The number of hydrogen-bond donors (Lipinski definition) is 2. The fourth-order valence-corrected chi connectivity index (χ4v) is 2.05. The molecule has 0 spiro atoms. The number of hydrogen-bond acceptors (Lipinski definition) is 2. The van der Waals surface area contributed by atoms with Crippen molar-refractivity contribution in [1.29, 1.82) is 0 Å². The smallest absolute Gasteiger partial charge is 0.338 e. The van der Waals surface area contributed by atoms with E-state index in [1.807, 2.05) is 18.2 Å². The first-order chi connectivity index (χ1) is 9.56. The molecular formula is C15H13ClFNO2. The summed E-state index contributed by atoms with van der Waals surface area (Å²) in [4.78, 5) is 10.7. The Labute approximate surface area is 121 Å². The topological polar surface area (TPSA) is 49.3 Å².